The molecule has 5 heteroatoms. The lowest BCUT2D eigenvalue weighted by atomic mass is 10.1. The molecular weight excluding hydrogens is 260 g/mol. The molecule has 0 saturated carbocycles. The van der Waals surface area contributed by atoms with Gasteiger partial charge in [-0.2, -0.15) is 0 Å². The van der Waals surface area contributed by atoms with E-state index in [1.807, 2.05) is 0 Å². The molecule has 1 heterocycles. The van der Waals surface area contributed by atoms with Crippen LogP contribution in [0.2, 0.25) is 0 Å². The summed E-state index contributed by atoms with van der Waals surface area (Å²) < 4.78 is 5.61. The number of aromatic carboxylic acids is 1. The van der Waals surface area contributed by atoms with Gasteiger partial charge in [-0.3, -0.25) is 4.79 Å². The topological polar surface area (TPSA) is 87.7 Å². The number of benzene rings is 1. The third kappa shape index (κ3) is 3.06. The first kappa shape index (κ1) is 13.9. The van der Waals surface area contributed by atoms with Crippen LogP contribution in [0, 0.1) is 0 Å². The highest BCUT2D eigenvalue weighted by atomic mass is 16.4. The van der Waals surface area contributed by atoms with Crippen molar-refractivity contribution in [3.05, 3.63) is 47.7 Å². The minimum atomic E-state index is -1.00. The van der Waals surface area contributed by atoms with Crippen molar-refractivity contribution in [1.82, 2.24) is 0 Å². The molecule has 0 fully saturated rings. The second-order valence-electron chi connectivity index (χ2n) is 4.59. The Morgan fingerprint density at radius 2 is 1.95 bits per heavy atom. The second kappa shape index (κ2) is 5.61. The molecule has 0 spiro atoms. The van der Waals surface area contributed by atoms with Gasteiger partial charge in [0.15, 0.2) is 0 Å². The summed E-state index contributed by atoms with van der Waals surface area (Å²) >= 11 is 0. The average molecular weight is 274 g/mol. The van der Waals surface area contributed by atoms with E-state index in [4.69, 9.17) is 14.6 Å². The molecule has 0 aliphatic heterocycles. The minimum absolute atomic E-state index is 0.0118. The van der Waals surface area contributed by atoms with Crippen LogP contribution in [-0.4, -0.2) is 22.2 Å². The lowest BCUT2D eigenvalue weighted by molar-refractivity contribution is -0.137. The number of hydrogen-bond acceptors (Lipinski definition) is 3. The number of carboxylic acids is 2. The van der Waals surface area contributed by atoms with Crippen LogP contribution in [0.4, 0.5) is 0 Å². The first-order chi connectivity index (χ1) is 9.47. The Hall–Kier alpha value is -2.56. The zero-order valence-corrected chi connectivity index (χ0v) is 10.9. The largest absolute Gasteiger partial charge is 0.481 e. The maximum absolute atomic E-state index is 10.9. The molecule has 20 heavy (non-hydrogen) atoms. The summed E-state index contributed by atoms with van der Waals surface area (Å²) in [6.45, 7) is 1.77. The maximum atomic E-state index is 10.9. The molecule has 0 amide bonds. The van der Waals surface area contributed by atoms with Crippen LogP contribution in [-0.2, 0) is 4.79 Å². The van der Waals surface area contributed by atoms with E-state index in [0.29, 0.717) is 17.1 Å². The Morgan fingerprint density at radius 1 is 1.20 bits per heavy atom. The van der Waals surface area contributed by atoms with E-state index < -0.39 is 11.9 Å². The van der Waals surface area contributed by atoms with E-state index in [1.54, 1.807) is 31.2 Å². The van der Waals surface area contributed by atoms with Crippen LogP contribution < -0.4 is 0 Å². The second-order valence-corrected chi connectivity index (χ2v) is 4.59. The number of rotatable bonds is 5. The van der Waals surface area contributed by atoms with Crippen LogP contribution in [0.15, 0.2) is 40.8 Å². The summed E-state index contributed by atoms with van der Waals surface area (Å²) in [7, 11) is 0. The zero-order valence-electron chi connectivity index (χ0n) is 10.9. The smallest absolute Gasteiger partial charge is 0.335 e. The molecule has 0 saturated heterocycles. The van der Waals surface area contributed by atoms with Gasteiger partial charge in [0.2, 0.25) is 0 Å². The number of carboxylic acid groups (broad SMARTS) is 2. The highest BCUT2D eigenvalue weighted by Gasteiger charge is 2.15. The van der Waals surface area contributed by atoms with Gasteiger partial charge in [0.25, 0.3) is 0 Å². The maximum Gasteiger partial charge on any atom is 0.335 e. The molecule has 2 aromatic rings. The summed E-state index contributed by atoms with van der Waals surface area (Å²) in [4.78, 5) is 21.6. The standard InChI is InChI=1S/C15H14O5/c1-9(7-14(16)17)12-5-6-13(20-12)10-3-2-4-11(8-10)15(18)19/h2-6,8-9H,7H2,1H3,(H,16,17)(H,18,19). The van der Waals surface area contributed by atoms with E-state index >= 15 is 0 Å². The van der Waals surface area contributed by atoms with E-state index in [2.05, 4.69) is 0 Å². The molecule has 0 aliphatic rings. The molecule has 1 unspecified atom stereocenters. The normalized spacial score (nSPS) is 12.1. The molecule has 0 aliphatic carbocycles. The summed E-state index contributed by atoms with van der Waals surface area (Å²) in [5.41, 5.74) is 0.831. The van der Waals surface area contributed by atoms with Crippen molar-refractivity contribution in [3.8, 4) is 11.3 Å². The fraction of sp³-hybridized carbons (Fsp3) is 0.200. The summed E-state index contributed by atoms with van der Waals surface area (Å²) in [5, 5.41) is 17.7. The Morgan fingerprint density at radius 3 is 2.60 bits per heavy atom. The van der Waals surface area contributed by atoms with Gasteiger partial charge < -0.3 is 14.6 Å². The number of carbonyl (C=O) groups is 2. The average Bonchev–Trinajstić information content (AvgIpc) is 2.87. The Bertz CT molecular complexity index is 641. The Balaban J connectivity index is 2.26. The summed E-state index contributed by atoms with van der Waals surface area (Å²) in [6, 6.07) is 9.85. The van der Waals surface area contributed by atoms with E-state index in [-0.39, 0.29) is 17.9 Å². The SMILES string of the molecule is CC(CC(=O)O)c1ccc(-c2cccc(C(=O)O)c2)o1. The summed E-state index contributed by atoms with van der Waals surface area (Å²) in [5.74, 6) is -1.02. The van der Waals surface area contributed by atoms with Gasteiger partial charge in [0.05, 0.1) is 12.0 Å². The lowest BCUT2D eigenvalue weighted by Crippen LogP contribution is -2.01. The van der Waals surface area contributed by atoms with Crippen molar-refractivity contribution in [1.29, 1.82) is 0 Å². The van der Waals surface area contributed by atoms with E-state index in [1.165, 1.54) is 12.1 Å². The van der Waals surface area contributed by atoms with Crippen LogP contribution in [0.5, 0.6) is 0 Å². The van der Waals surface area contributed by atoms with Gasteiger partial charge in [-0.1, -0.05) is 19.1 Å². The lowest BCUT2D eigenvalue weighted by Gasteiger charge is -2.04. The number of aliphatic carboxylic acids is 1. The fourth-order valence-electron chi connectivity index (χ4n) is 1.94. The Labute approximate surface area is 115 Å². The molecule has 5 nitrogen and oxygen atoms in total. The van der Waals surface area contributed by atoms with Crippen LogP contribution in [0.25, 0.3) is 11.3 Å². The van der Waals surface area contributed by atoms with Crippen molar-refractivity contribution in [2.75, 3.05) is 0 Å². The molecule has 1 atom stereocenters. The quantitative estimate of drug-likeness (QED) is 0.874. The highest BCUT2D eigenvalue weighted by Crippen LogP contribution is 2.28. The first-order valence-corrected chi connectivity index (χ1v) is 6.12. The number of furan rings is 1. The molecule has 2 rings (SSSR count). The molecule has 2 N–H and O–H groups in total. The van der Waals surface area contributed by atoms with Crippen molar-refractivity contribution in [3.63, 3.8) is 0 Å². The van der Waals surface area contributed by atoms with Gasteiger partial charge in [-0.15, -0.1) is 0 Å². The molecule has 1 aromatic carbocycles. The molecule has 104 valence electrons. The molecule has 0 bridgehead atoms. The monoisotopic (exact) mass is 274 g/mol. The van der Waals surface area contributed by atoms with Crippen LogP contribution >= 0.6 is 0 Å². The fourth-order valence-corrected chi connectivity index (χ4v) is 1.94. The predicted molar refractivity (Wildman–Crippen MR) is 71.8 cm³/mol. The van der Waals surface area contributed by atoms with E-state index in [0.717, 1.165) is 0 Å². The van der Waals surface area contributed by atoms with Crippen molar-refractivity contribution < 1.29 is 24.2 Å². The van der Waals surface area contributed by atoms with Crippen LogP contribution in [0.1, 0.15) is 35.4 Å². The minimum Gasteiger partial charge on any atom is -0.481 e. The molecule has 1 aromatic heterocycles. The van der Waals surface area contributed by atoms with Crippen molar-refractivity contribution in [2.45, 2.75) is 19.3 Å². The van der Waals surface area contributed by atoms with Gasteiger partial charge >= 0.3 is 11.9 Å². The first-order valence-electron chi connectivity index (χ1n) is 6.12. The highest BCUT2D eigenvalue weighted by molar-refractivity contribution is 5.89. The van der Waals surface area contributed by atoms with E-state index in [9.17, 15) is 9.59 Å². The van der Waals surface area contributed by atoms with Gasteiger partial charge in [0.1, 0.15) is 11.5 Å². The van der Waals surface area contributed by atoms with Gasteiger partial charge in [-0.25, -0.2) is 4.79 Å². The third-order valence-electron chi connectivity index (χ3n) is 2.99. The van der Waals surface area contributed by atoms with Crippen molar-refractivity contribution >= 4 is 11.9 Å². The van der Waals surface area contributed by atoms with Gasteiger partial charge in [0, 0.05) is 11.5 Å². The number of hydrogen-bond donors (Lipinski definition) is 2. The van der Waals surface area contributed by atoms with Crippen LogP contribution in [0.3, 0.4) is 0 Å². The molecular formula is C15H14O5. The molecule has 0 radical (unpaired) electrons. The third-order valence-corrected chi connectivity index (χ3v) is 2.99. The predicted octanol–water partition coefficient (Wildman–Crippen LogP) is 3.22. The van der Waals surface area contributed by atoms with Crippen molar-refractivity contribution in [2.24, 2.45) is 0 Å². The zero-order chi connectivity index (χ0) is 14.7. The Kier molecular flexibility index (Phi) is 3.89. The summed E-state index contributed by atoms with van der Waals surface area (Å²) in [6.07, 6.45) is -0.0118. The van der Waals surface area contributed by atoms with Gasteiger partial charge in [-0.05, 0) is 24.3 Å².